The lowest BCUT2D eigenvalue weighted by atomic mass is 10.2. The van der Waals surface area contributed by atoms with Crippen molar-refractivity contribution in [1.29, 1.82) is 0 Å². The molecule has 0 saturated heterocycles. The van der Waals surface area contributed by atoms with Gasteiger partial charge in [-0.25, -0.2) is 14.6 Å². The molecule has 0 aliphatic rings. The largest absolute Gasteiger partial charge is 0.419 e. The van der Waals surface area contributed by atoms with Gasteiger partial charge in [-0.05, 0) is 31.9 Å². The summed E-state index contributed by atoms with van der Waals surface area (Å²) in [4.78, 5) is 27.8. The van der Waals surface area contributed by atoms with Crippen molar-refractivity contribution in [3.8, 4) is 0 Å². The maximum Gasteiger partial charge on any atom is 0.419 e. The first-order valence-corrected chi connectivity index (χ1v) is 8.83. The number of anilines is 2. The smallest absolute Gasteiger partial charge is 0.408 e. The summed E-state index contributed by atoms with van der Waals surface area (Å²) in [7, 11) is 0. The predicted molar refractivity (Wildman–Crippen MR) is 98.0 cm³/mol. The molecule has 0 fully saturated rings. The lowest BCUT2D eigenvalue weighted by molar-refractivity contribution is 0.252. The second-order valence-corrected chi connectivity index (χ2v) is 6.35. The molecule has 2 heterocycles. The number of carbonyl (C=O) groups excluding carboxylic acids is 1. The van der Waals surface area contributed by atoms with Gasteiger partial charge in [-0.3, -0.25) is 4.57 Å². The molecule has 2 amide bonds. The molecule has 0 spiro atoms. The van der Waals surface area contributed by atoms with E-state index in [-0.39, 0.29) is 6.03 Å². The third-order valence-corrected chi connectivity index (χ3v) is 4.43. The molecule has 0 atom stereocenters. The Hall–Kier alpha value is -2.81. The normalized spacial score (nSPS) is 10.9. The van der Waals surface area contributed by atoms with E-state index in [1.807, 2.05) is 12.3 Å². The van der Waals surface area contributed by atoms with Crippen LogP contribution in [0.2, 0.25) is 0 Å². The lowest BCUT2D eigenvalue weighted by Gasteiger charge is -2.07. The molecule has 2 aromatic heterocycles. The third kappa shape index (κ3) is 4.00. The first-order valence-electron chi connectivity index (χ1n) is 7.95. The monoisotopic (exact) mass is 361 g/mol. The maximum atomic E-state index is 11.9. The molecule has 25 heavy (non-hydrogen) atoms. The van der Waals surface area contributed by atoms with Gasteiger partial charge in [0.2, 0.25) is 0 Å². The van der Waals surface area contributed by atoms with Gasteiger partial charge in [0.05, 0.1) is 11.2 Å². The number of thiazole rings is 1. The van der Waals surface area contributed by atoms with Gasteiger partial charge in [0.1, 0.15) is 0 Å². The van der Waals surface area contributed by atoms with Crippen LogP contribution in [0.25, 0.3) is 11.1 Å². The standard InChI is InChI=1S/C16H19N5O3S/c1-2-21-12-6-5-10(8-13(12)24-16(21)23)20-15(22)18-7-3-4-11-9-25-14(17)19-11/h5-6,8-9H,2-4,7H2,1H3,(H2,17,19)(H2,18,20,22). The Labute approximate surface area is 147 Å². The van der Waals surface area contributed by atoms with Crippen LogP contribution in [-0.2, 0) is 13.0 Å². The zero-order valence-corrected chi connectivity index (χ0v) is 14.6. The molecule has 3 aromatic rings. The number of urea groups is 1. The molecule has 0 bridgehead atoms. The highest BCUT2D eigenvalue weighted by atomic mass is 32.1. The number of hydrogen-bond donors (Lipinski definition) is 3. The number of nitrogens with two attached hydrogens (primary N) is 1. The Balaban J connectivity index is 1.52. The molecule has 132 valence electrons. The van der Waals surface area contributed by atoms with E-state index in [0.717, 1.165) is 18.5 Å². The lowest BCUT2D eigenvalue weighted by Crippen LogP contribution is -2.29. The average molecular weight is 361 g/mol. The van der Waals surface area contributed by atoms with Crippen LogP contribution in [-0.4, -0.2) is 22.1 Å². The van der Waals surface area contributed by atoms with Gasteiger partial charge in [0.15, 0.2) is 10.7 Å². The third-order valence-electron chi connectivity index (χ3n) is 3.71. The second-order valence-electron chi connectivity index (χ2n) is 5.46. The van der Waals surface area contributed by atoms with E-state index in [4.69, 9.17) is 10.2 Å². The van der Waals surface area contributed by atoms with Gasteiger partial charge < -0.3 is 20.8 Å². The number of aryl methyl sites for hydroxylation is 2. The summed E-state index contributed by atoms with van der Waals surface area (Å²) in [5.41, 5.74) is 8.23. The van der Waals surface area contributed by atoms with Crippen molar-refractivity contribution in [3.63, 3.8) is 0 Å². The summed E-state index contributed by atoms with van der Waals surface area (Å²) in [6, 6.07) is 4.82. The highest BCUT2D eigenvalue weighted by Crippen LogP contribution is 2.18. The molecule has 9 heteroatoms. The fourth-order valence-electron chi connectivity index (χ4n) is 2.53. The molecule has 0 unspecified atom stereocenters. The van der Waals surface area contributed by atoms with Crippen molar-refractivity contribution < 1.29 is 9.21 Å². The van der Waals surface area contributed by atoms with Crippen LogP contribution >= 0.6 is 11.3 Å². The van der Waals surface area contributed by atoms with Gasteiger partial charge in [0, 0.05) is 30.2 Å². The SMILES string of the molecule is CCn1c(=O)oc2cc(NC(=O)NCCCc3csc(N)n3)ccc21. The summed E-state index contributed by atoms with van der Waals surface area (Å²) in [5.74, 6) is -0.401. The quantitative estimate of drug-likeness (QED) is 0.583. The summed E-state index contributed by atoms with van der Waals surface area (Å²) in [6.45, 7) is 2.92. The van der Waals surface area contributed by atoms with Crippen molar-refractivity contribution >= 4 is 39.3 Å². The molecular formula is C16H19N5O3S. The molecule has 1 aromatic carbocycles. The van der Waals surface area contributed by atoms with Crippen LogP contribution in [0.15, 0.2) is 32.8 Å². The summed E-state index contributed by atoms with van der Waals surface area (Å²) in [6.07, 6.45) is 1.53. The fourth-order valence-corrected chi connectivity index (χ4v) is 3.13. The molecule has 0 saturated carbocycles. The second kappa shape index (κ2) is 7.39. The van der Waals surface area contributed by atoms with Crippen molar-refractivity contribution in [2.75, 3.05) is 17.6 Å². The zero-order valence-electron chi connectivity index (χ0n) is 13.7. The van der Waals surface area contributed by atoms with Gasteiger partial charge >= 0.3 is 11.8 Å². The van der Waals surface area contributed by atoms with Crippen LogP contribution in [0.4, 0.5) is 15.6 Å². The minimum atomic E-state index is -0.401. The number of rotatable bonds is 6. The van der Waals surface area contributed by atoms with Crippen molar-refractivity contribution in [3.05, 3.63) is 39.8 Å². The van der Waals surface area contributed by atoms with Crippen LogP contribution < -0.4 is 22.1 Å². The zero-order chi connectivity index (χ0) is 17.8. The Morgan fingerprint density at radius 1 is 1.44 bits per heavy atom. The molecular weight excluding hydrogens is 342 g/mol. The number of fused-ring (bicyclic) bond motifs is 1. The fraction of sp³-hybridized carbons (Fsp3) is 0.312. The molecule has 0 radical (unpaired) electrons. The Kier molecular flexibility index (Phi) is 5.03. The van der Waals surface area contributed by atoms with E-state index in [1.165, 1.54) is 15.9 Å². The van der Waals surface area contributed by atoms with Gasteiger partial charge in [-0.1, -0.05) is 0 Å². The van der Waals surface area contributed by atoms with E-state index >= 15 is 0 Å². The van der Waals surface area contributed by atoms with Crippen molar-refractivity contribution in [1.82, 2.24) is 14.9 Å². The van der Waals surface area contributed by atoms with E-state index in [1.54, 1.807) is 18.2 Å². The van der Waals surface area contributed by atoms with Gasteiger partial charge in [-0.15, -0.1) is 11.3 Å². The topological polar surface area (TPSA) is 115 Å². The summed E-state index contributed by atoms with van der Waals surface area (Å²) in [5, 5.41) is 7.98. The van der Waals surface area contributed by atoms with Crippen LogP contribution in [0.3, 0.4) is 0 Å². The Bertz CT molecular complexity index is 943. The van der Waals surface area contributed by atoms with Gasteiger partial charge in [-0.2, -0.15) is 0 Å². The number of carbonyl (C=O) groups is 1. The summed E-state index contributed by atoms with van der Waals surface area (Å²) < 4.78 is 6.71. The maximum absolute atomic E-state index is 11.9. The minimum Gasteiger partial charge on any atom is -0.408 e. The molecule has 0 aliphatic heterocycles. The highest BCUT2D eigenvalue weighted by molar-refractivity contribution is 7.13. The van der Waals surface area contributed by atoms with Crippen LogP contribution in [0.5, 0.6) is 0 Å². The average Bonchev–Trinajstić information content (AvgIpc) is 3.13. The predicted octanol–water partition coefficient (Wildman–Crippen LogP) is 2.41. The van der Waals surface area contributed by atoms with Crippen molar-refractivity contribution in [2.24, 2.45) is 0 Å². The number of benzene rings is 1. The number of hydrogen-bond acceptors (Lipinski definition) is 6. The van der Waals surface area contributed by atoms with E-state index < -0.39 is 5.76 Å². The number of aromatic nitrogens is 2. The number of oxazole rings is 1. The van der Waals surface area contributed by atoms with E-state index in [0.29, 0.717) is 35.0 Å². The first-order chi connectivity index (χ1) is 12.1. The van der Waals surface area contributed by atoms with Crippen molar-refractivity contribution in [2.45, 2.75) is 26.3 Å². The summed E-state index contributed by atoms with van der Waals surface area (Å²) >= 11 is 1.41. The molecule has 4 N–H and O–H groups in total. The first kappa shape index (κ1) is 17.0. The minimum absolute atomic E-state index is 0.311. The van der Waals surface area contributed by atoms with E-state index in [9.17, 15) is 9.59 Å². The molecule has 0 aliphatic carbocycles. The van der Waals surface area contributed by atoms with Crippen LogP contribution in [0, 0.1) is 0 Å². The van der Waals surface area contributed by atoms with Gasteiger partial charge in [0.25, 0.3) is 0 Å². The number of amides is 2. The highest BCUT2D eigenvalue weighted by Gasteiger charge is 2.09. The molecule has 8 nitrogen and oxygen atoms in total. The number of nitrogens with zero attached hydrogens (tertiary/aromatic N) is 2. The number of nitrogen functional groups attached to an aromatic ring is 1. The van der Waals surface area contributed by atoms with E-state index in [2.05, 4.69) is 15.6 Å². The molecule has 3 rings (SSSR count). The number of nitrogens with one attached hydrogen (secondary N) is 2. The Morgan fingerprint density at radius 2 is 2.28 bits per heavy atom. The Morgan fingerprint density at radius 3 is 3.00 bits per heavy atom. The van der Waals surface area contributed by atoms with Crippen LogP contribution in [0.1, 0.15) is 19.0 Å².